The van der Waals surface area contributed by atoms with Gasteiger partial charge in [0.05, 0.1) is 35.9 Å². The number of likely N-dealkylation sites (tertiary alicyclic amines) is 1. The quantitative estimate of drug-likeness (QED) is 0.221. The third-order valence-corrected chi connectivity index (χ3v) is 8.47. The van der Waals surface area contributed by atoms with Crippen molar-refractivity contribution in [2.24, 2.45) is 0 Å². The standard InChI is InChI=1S/C33H34N10O2/c1-33(2,3)45-32(44)43-13-5-7-25(43)27-41-29-31(42-27)38-24(17-36-29)21-11-9-18-14-20(10-8-19(18)15-21)23-16-35-28-30(37-23)40-26(39-28)22-6-4-12-34-22/h8-11,14-17,22,25,34H,4-7,12-13H2,1-3H3,(H,35,37,39,40)(H,36,38,41,42)/t22-,25-/m0/s1. The van der Waals surface area contributed by atoms with E-state index in [0.29, 0.717) is 35.0 Å². The molecule has 0 unspecified atom stereocenters. The van der Waals surface area contributed by atoms with E-state index in [2.05, 4.69) is 65.6 Å². The van der Waals surface area contributed by atoms with Gasteiger partial charge in [0.15, 0.2) is 22.6 Å². The Morgan fingerprint density at radius 1 is 0.822 bits per heavy atom. The Bertz CT molecular complexity index is 2070. The summed E-state index contributed by atoms with van der Waals surface area (Å²) in [6.45, 7) is 7.26. The molecule has 2 atom stereocenters. The molecule has 6 heterocycles. The molecule has 0 saturated carbocycles. The zero-order chi connectivity index (χ0) is 30.7. The first-order valence-corrected chi connectivity index (χ1v) is 15.5. The number of nitrogens with one attached hydrogen (secondary N) is 3. The van der Waals surface area contributed by atoms with Gasteiger partial charge in [0.1, 0.15) is 17.2 Å². The summed E-state index contributed by atoms with van der Waals surface area (Å²) in [7, 11) is 0. The molecular formula is C33H34N10O2. The van der Waals surface area contributed by atoms with E-state index in [9.17, 15) is 4.79 Å². The van der Waals surface area contributed by atoms with Gasteiger partial charge in [0.2, 0.25) is 0 Å². The summed E-state index contributed by atoms with van der Waals surface area (Å²) in [6, 6.07) is 12.6. The summed E-state index contributed by atoms with van der Waals surface area (Å²) >= 11 is 0. The Kier molecular flexibility index (Phi) is 6.48. The van der Waals surface area contributed by atoms with Crippen LogP contribution in [0.5, 0.6) is 0 Å². The second kappa shape index (κ2) is 10.6. The van der Waals surface area contributed by atoms with Gasteiger partial charge in [-0.05, 0) is 75.9 Å². The van der Waals surface area contributed by atoms with Gasteiger partial charge in [-0.3, -0.25) is 4.90 Å². The van der Waals surface area contributed by atoms with Crippen molar-refractivity contribution >= 4 is 39.5 Å². The molecule has 2 aromatic carbocycles. The van der Waals surface area contributed by atoms with Crippen LogP contribution in [0.2, 0.25) is 0 Å². The third kappa shape index (κ3) is 5.24. The van der Waals surface area contributed by atoms with Gasteiger partial charge in [0, 0.05) is 17.7 Å². The number of nitrogens with zero attached hydrogens (tertiary/aromatic N) is 7. The Hall–Kier alpha value is -4.97. The minimum absolute atomic E-state index is 0.195. The van der Waals surface area contributed by atoms with Crippen molar-refractivity contribution in [2.45, 2.75) is 64.1 Å². The van der Waals surface area contributed by atoms with Crippen LogP contribution in [0.1, 0.15) is 70.2 Å². The molecule has 45 heavy (non-hydrogen) atoms. The van der Waals surface area contributed by atoms with Crippen molar-refractivity contribution in [3.63, 3.8) is 0 Å². The Labute approximate surface area is 259 Å². The summed E-state index contributed by atoms with van der Waals surface area (Å²) in [5.41, 5.74) is 5.36. The summed E-state index contributed by atoms with van der Waals surface area (Å²) in [6.07, 6.45) is 7.10. The molecule has 0 bridgehead atoms. The van der Waals surface area contributed by atoms with Gasteiger partial charge in [-0.25, -0.2) is 34.7 Å². The minimum Gasteiger partial charge on any atom is -0.444 e. The second-order valence-electron chi connectivity index (χ2n) is 12.9. The highest BCUT2D eigenvalue weighted by atomic mass is 16.6. The fraction of sp³-hybridized carbons (Fsp3) is 0.364. The largest absolute Gasteiger partial charge is 0.444 e. The fourth-order valence-corrected chi connectivity index (χ4v) is 6.30. The molecule has 8 rings (SSSR count). The summed E-state index contributed by atoms with van der Waals surface area (Å²) in [4.78, 5) is 49.5. The van der Waals surface area contributed by atoms with Crippen LogP contribution in [0.4, 0.5) is 4.79 Å². The molecule has 2 fully saturated rings. The number of carbonyl (C=O) groups is 1. The molecule has 12 heteroatoms. The van der Waals surface area contributed by atoms with Gasteiger partial charge < -0.3 is 20.0 Å². The predicted molar refractivity (Wildman–Crippen MR) is 170 cm³/mol. The van der Waals surface area contributed by atoms with Gasteiger partial charge in [-0.15, -0.1) is 0 Å². The topological polar surface area (TPSA) is 150 Å². The second-order valence-corrected chi connectivity index (χ2v) is 12.9. The van der Waals surface area contributed by atoms with Crippen molar-refractivity contribution in [1.29, 1.82) is 0 Å². The molecule has 0 aliphatic carbocycles. The molecule has 6 aromatic rings. The zero-order valence-electron chi connectivity index (χ0n) is 25.5. The summed E-state index contributed by atoms with van der Waals surface area (Å²) in [5.74, 6) is 1.58. The maximum atomic E-state index is 12.8. The molecule has 1 amide bonds. The average Bonchev–Trinajstić information content (AvgIpc) is 3.84. The number of hydrogen-bond acceptors (Lipinski definition) is 9. The third-order valence-electron chi connectivity index (χ3n) is 8.47. The Morgan fingerprint density at radius 3 is 2.04 bits per heavy atom. The maximum absolute atomic E-state index is 12.8. The van der Waals surface area contributed by atoms with Crippen LogP contribution >= 0.6 is 0 Å². The van der Waals surface area contributed by atoms with Gasteiger partial charge >= 0.3 is 6.09 Å². The number of carbonyl (C=O) groups excluding carboxylic acids is 1. The molecule has 2 saturated heterocycles. The van der Waals surface area contributed by atoms with Crippen LogP contribution in [0, 0.1) is 0 Å². The molecule has 4 aromatic heterocycles. The normalized spacial score (nSPS) is 18.9. The lowest BCUT2D eigenvalue weighted by atomic mass is 10.0. The number of aromatic nitrogens is 8. The first kappa shape index (κ1) is 27.6. The van der Waals surface area contributed by atoms with E-state index in [4.69, 9.17) is 14.7 Å². The van der Waals surface area contributed by atoms with Crippen molar-refractivity contribution in [2.75, 3.05) is 13.1 Å². The zero-order valence-corrected chi connectivity index (χ0v) is 25.5. The monoisotopic (exact) mass is 602 g/mol. The van der Waals surface area contributed by atoms with E-state index in [1.54, 1.807) is 17.3 Å². The van der Waals surface area contributed by atoms with Crippen molar-refractivity contribution in [3.8, 4) is 22.5 Å². The number of aromatic amines is 2. The van der Waals surface area contributed by atoms with Crippen LogP contribution in [-0.4, -0.2) is 69.6 Å². The van der Waals surface area contributed by atoms with Crippen LogP contribution in [0.25, 0.3) is 55.9 Å². The summed E-state index contributed by atoms with van der Waals surface area (Å²) in [5, 5.41) is 5.63. The smallest absolute Gasteiger partial charge is 0.410 e. The molecule has 2 aliphatic rings. The number of ether oxygens (including phenoxy) is 1. The van der Waals surface area contributed by atoms with Gasteiger partial charge in [-0.1, -0.05) is 24.3 Å². The van der Waals surface area contributed by atoms with E-state index < -0.39 is 5.60 Å². The highest BCUT2D eigenvalue weighted by Crippen LogP contribution is 2.33. The lowest BCUT2D eigenvalue weighted by Gasteiger charge is -2.27. The van der Waals surface area contributed by atoms with Gasteiger partial charge in [0.25, 0.3) is 0 Å². The Balaban J connectivity index is 1.04. The molecule has 3 N–H and O–H groups in total. The number of imidazole rings is 2. The van der Waals surface area contributed by atoms with Crippen molar-refractivity contribution in [1.82, 2.24) is 50.1 Å². The fourth-order valence-electron chi connectivity index (χ4n) is 6.30. The molecular weight excluding hydrogens is 568 g/mol. The van der Waals surface area contributed by atoms with E-state index in [1.165, 1.54) is 0 Å². The van der Waals surface area contributed by atoms with E-state index >= 15 is 0 Å². The number of rotatable bonds is 4. The number of amides is 1. The predicted octanol–water partition coefficient (Wildman–Crippen LogP) is 6.00. The number of H-pyrrole nitrogens is 2. The van der Waals surface area contributed by atoms with Gasteiger partial charge in [-0.2, -0.15) is 0 Å². The van der Waals surface area contributed by atoms with Crippen LogP contribution in [-0.2, 0) is 4.74 Å². The average molecular weight is 603 g/mol. The van der Waals surface area contributed by atoms with E-state index in [-0.39, 0.29) is 18.2 Å². The van der Waals surface area contributed by atoms with Crippen molar-refractivity contribution < 1.29 is 9.53 Å². The van der Waals surface area contributed by atoms with Crippen LogP contribution in [0.15, 0.2) is 48.8 Å². The molecule has 0 radical (unpaired) electrons. The highest BCUT2D eigenvalue weighted by Gasteiger charge is 2.35. The van der Waals surface area contributed by atoms with E-state index in [1.807, 2.05) is 26.8 Å². The van der Waals surface area contributed by atoms with E-state index in [0.717, 1.165) is 71.3 Å². The molecule has 228 valence electrons. The number of benzene rings is 2. The number of hydrogen-bond donors (Lipinski definition) is 3. The Morgan fingerprint density at radius 2 is 1.44 bits per heavy atom. The number of fused-ring (bicyclic) bond motifs is 3. The first-order valence-electron chi connectivity index (χ1n) is 15.5. The van der Waals surface area contributed by atoms with Crippen LogP contribution < -0.4 is 5.32 Å². The molecule has 12 nitrogen and oxygen atoms in total. The molecule has 2 aliphatic heterocycles. The first-order chi connectivity index (χ1) is 21.8. The minimum atomic E-state index is -0.559. The SMILES string of the molecule is CC(C)(C)OC(=O)N1CCC[C@H]1c1nc2ncc(-c3ccc4cc(-c5cnc6nc([C@@H]7CCCN7)[nH]c6n5)ccc4c3)nc2[nH]1. The lowest BCUT2D eigenvalue weighted by molar-refractivity contribution is 0.0219. The summed E-state index contributed by atoms with van der Waals surface area (Å²) < 4.78 is 5.63. The van der Waals surface area contributed by atoms with Crippen LogP contribution in [0.3, 0.4) is 0 Å². The highest BCUT2D eigenvalue weighted by molar-refractivity contribution is 5.90. The van der Waals surface area contributed by atoms with Crippen molar-refractivity contribution in [3.05, 3.63) is 60.4 Å². The molecule has 0 spiro atoms. The lowest BCUT2D eigenvalue weighted by Crippen LogP contribution is -2.36. The maximum Gasteiger partial charge on any atom is 0.410 e.